The maximum Gasteiger partial charge on any atom is 0.264 e. The van der Waals surface area contributed by atoms with Crippen molar-refractivity contribution in [3.05, 3.63) is 86.3 Å². The summed E-state index contributed by atoms with van der Waals surface area (Å²) < 4.78 is 5.79. The van der Waals surface area contributed by atoms with Crippen LogP contribution in [0, 0.1) is 0 Å². The van der Waals surface area contributed by atoms with Crippen LogP contribution >= 0.6 is 23.2 Å². The summed E-state index contributed by atoms with van der Waals surface area (Å²) in [7, 11) is 0. The van der Waals surface area contributed by atoms with E-state index in [1.54, 1.807) is 36.4 Å². The van der Waals surface area contributed by atoms with E-state index < -0.39 is 0 Å². The van der Waals surface area contributed by atoms with Gasteiger partial charge in [-0.1, -0.05) is 29.3 Å². The van der Waals surface area contributed by atoms with E-state index >= 15 is 0 Å². The zero-order valence-corrected chi connectivity index (χ0v) is 13.4. The van der Waals surface area contributed by atoms with Gasteiger partial charge in [-0.2, -0.15) is 5.10 Å². The Kier molecular flexibility index (Phi) is 4.65. The van der Waals surface area contributed by atoms with Crippen molar-refractivity contribution < 1.29 is 4.74 Å². The lowest BCUT2D eigenvalue weighted by molar-refractivity contribution is 0.482. The Morgan fingerprint density at radius 2 is 1.78 bits per heavy atom. The molecule has 4 nitrogen and oxygen atoms in total. The van der Waals surface area contributed by atoms with Crippen molar-refractivity contribution in [2.24, 2.45) is 0 Å². The minimum absolute atomic E-state index is 0.225. The van der Waals surface area contributed by atoms with Gasteiger partial charge >= 0.3 is 0 Å². The average molecular weight is 347 g/mol. The lowest BCUT2D eigenvalue weighted by atomic mass is 10.1. The Morgan fingerprint density at radius 1 is 1.00 bits per heavy atom. The molecule has 0 saturated heterocycles. The fourth-order valence-electron chi connectivity index (χ4n) is 2.05. The van der Waals surface area contributed by atoms with Crippen molar-refractivity contribution >= 4 is 23.2 Å². The lowest BCUT2D eigenvalue weighted by Crippen LogP contribution is -2.07. The zero-order chi connectivity index (χ0) is 16.2. The molecule has 0 fully saturated rings. The fraction of sp³-hybridized carbons (Fsp3) is 0.0588. The minimum Gasteiger partial charge on any atom is -0.456 e. The van der Waals surface area contributed by atoms with Crippen LogP contribution in [-0.2, 0) is 6.42 Å². The van der Waals surface area contributed by atoms with E-state index in [1.807, 2.05) is 12.1 Å². The molecule has 0 aliphatic rings. The van der Waals surface area contributed by atoms with Gasteiger partial charge in [0.05, 0.1) is 10.7 Å². The summed E-state index contributed by atoms with van der Waals surface area (Å²) in [6.07, 6.45) is 0.560. The maximum absolute atomic E-state index is 11.0. The minimum atomic E-state index is -0.225. The molecule has 1 aromatic heterocycles. The maximum atomic E-state index is 11.0. The van der Waals surface area contributed by atoms with Gasteiger partial charge in [-0.15, -0.1) is 0 Å². The number of ether oxygens (including phenoxy) is 1. The van der Waals surface area contributed by atoms with Gasteiger partial charge in [0.2, 0.25) is 0 Å². The summed E-state index contributed by atoms with van der Waals surface area (Å²) in [6.45, 7) is 0. The van der Waals surface area contributed by atoms with Gasteiger partial charge in [0, 0.05) is 17.5 Å². The van der Waals surface area contributed by atoms with Gasteiger partial charge in [-0.05, 0) is 48.0 Å². The first-order chi connectivity index (χ1) is 11.1. The highest BCUT2D eigenvalue weighted by Crippen LogP contribution is 2.31. The molecule has 0 aliphatic carbocycles. The second-order valence-corrected chi connectivity index (χ2v) is 5.75. The number of nitrogens with zero attached hydrogens (tertiary/aromatic N) is 1. The normalized spacial score (nSPS) is 10.5. The molecule has 6 heteroatoms. The molecule has 0 unspecified atom stereocenters. The summed E-state index contributed by atoms with van der Waals surface area (Å²) in [5, 5.41) is 7.56. The Labute approximate surface area is 142 Å². The van der Waals surface area contributed by atoms with E-state index in [9.17, 15) is 4.79 Å². The van der Waals surface area contributed by atoms with Crippen molar-refractivity contribution in [1.82, 2.24) is 10.2 Å². The van der Waals surface area contributed by atoms with Crippen LogP contribution in [0.2, 0.25) is 10.0 Å². The third-order valence-electron chi connectivity index (χ3n) is 3.16. The predicted molar refractivity (Wildman–Crippen MR) is 90.6 cm³/mol. The Hall–Kier alpha value is -2.30. The molecule has 1 heterocycles. The quantitative estimate of drug-likeness (QED) is 0.758. The second kappa shape index (κ2) is 6.86. The van der Waals surface area contributed by atoms with Crippen LogP contribution in [0.3, 0.4) is 0 Å². The standard InChI is InChI=1S/C17H12Cl2N2O2/c18-12-2-5-14(6-3-12)23-16-10-11(1-7-15(16)19)9-13-4-8-17(22)21-20-13/h1-8,10H,9H2,(H,21,22). The number of hydrogen-bond acceptors (Lipinski definition) is 3. The molecule has 23 heavy (non-hydrogen) atoms. The topological polar surface area (TPSA) is 55.0 Å². The summed E-state index contributed by atoms with van der Waals surface area (Å²) in [5.74, 6) is 1.20. The van der Waals surface area contributed by atoms with Crippen molar-refractivity contribution in [2.75, 3.05) is 0 Å². The highest BCUT2D eigenvalue weighted by Gasteiger charge is 2.07. The number of H-pyrrole nitrogens is 1. The third-order valence-corrected chi connectivity index (χ3v) is 3.72. The van der Waals surface area contributed by atoms with Crippen molar-refractivity contribution in [3.8, 4) is 11.5 Å². The molecule has 0 aliphatic heterocycles. The monoisotopic (exact) mass is 346 g/mol. The van der Waals surface area contributed by atoms with Gasteiger partial charge in [0.15, 0.2) is 0 Å². The van der Waals surface area contributed by atoms with Gasteiger partial charge in [0.25, 0.3) is 5.56 Å². The van der Waals surface area contributed by atoms with Crippen LogP contribution in [0.5, 0.6) is 11.5 Å². The Balaban J connectivity index is 1.82. The first-order valence-electron chi connectivity index (χ1n) is 6.86. The summed E-state index contributed by atoms with van der Waals surface area (Å²) in [6, 6.07) is 15.7. The molecule has 0 radical (unpaired) electrons. The highest BCUT2D eigenvalue weighted by molar-refractivity contribution is 6.32. The van der Waals surface area contributed by atoms with Crippen LogP contribution in [0.25, 0.3) is 0 Å². The smallest absolute Gasteiger partial charge is 0.264 e. The Morgan fingerprint density at radius 3 is 2.48 bits per heavy atom. The molecule has 0 bridgehead atoms. The molecule has 116 valence electrons. The SMILES string of the molecule is O=c1ccc(Cc2ccc(Cl)c(Oc3ccc(Cl)cc3)c2)n[nH]1. The van der Waals surface area contributed by atoms with E-state index in [2.05, 4.69) is 10.2 Å². The highest BCUT2D eigenvalue weighted by atomic mass is 35.5. The fourth-order valence-corrected chi connectivity index (χ4v) is 2.33. The first-order valence-corrected chi connectivity index (χ1v) is 7.62. The average Bonchev–Trinajstić information content (AvgIpc) is 2.55. The van der Waals surface area contributed by atoms with E-state index in [0.29, 0.717) is 28.0 Å². The first kappa shape index (κ1) is 15.6. The van der Waals surface area contributed by atoms with Crippen molar-refractivity contribution in [1.29, 1.82) is 0 Å². The van der Waals surface area contributed by atoms with E-state index in [-0.39, 0.29) is 5.56 Å². The molecule has 2 aromatic carbocycles. The van der Waals surface area contributed by atoms with E-state index in [4.69, 9.17) is 27.9 Å². The number of aromatic amines is 1. The van der Waals surface area contributed by atoms with Crippen LogP contribution in [0.4, 0.5) is 0 Å². The number of hydrogen-bond donors (Lipinski definition) is 1. The van der Waals surface area contributed by atoms with Crippen molar-refractivity contribution in [2.45, 2.75) is 6.42 Å². The van der Waals surface area contributed by atoms with E-state index in [1.165, 1.54) is 6.07 Å². The van der Waals surface area contributed by atoms with Gasteiger partial charge in [-0.25, -0.2) is 5.10 Å². The summed E-state index contributed by atoms with van der Waals surface area (Å²) >= 11 is 12.0. The van der Waals surface area contributed by atoms with E-state index in [0.717, 1.165) is 11.3 Å². The largest absolute Gasteiger partial charge is 0.456 e. The number of rotatable bonds is 4. The molecule has 0 amide bonds. The van der Waals surface area contributed by atoms with Crippen LogP contribution < -0.4 is 10.3 Å². The molecule has 0 atom stereocenters. The predicted octanol–water partition coefficient (Wildman–Crippen LogP) is 4.46. The zero-order valence-electron chi connectivity index (χ0n) is 11.9. The van der Waals surface area contributed by atoms with Gasteiger partial charge in [-0.3, -0.25) is 4.79 Å². The molecular weight excluding hydrogens is 335 g/mol. The summed E-state index contributed by atoms with van der Waals surface area (Å²) in [5.41, 5.74) is 1.50. The van der Waals surface area contributed by atoms with Crippen LogP contribution in [0.1, 0.15) is 11.3 Å². The molecule has 3 rings (SSSR count). The van der Waals surface area contributed by atoms with Crippen LogP contribution in [0.15, 0.2) is 59.4 Å². The van der Waals surface area contributed by atoms with Crippen molar-refractivity contribution in [3.63, 3.8) is 0 Å². The number of halogens is 2. The van der Waals surface area contributed by atoms with Gasteiger partial charge < -0.3 is 4.74 Å². The van der Waals surface area contributed by atoms with Gasteiger partial charge in [0.1, 0.15) is 11.5 Å². The van der Waals surface area contributed by atoms with Crippen LogP contribution in [-0.4, -0.2) is 10.2 Å². The number of benzene rings is 2. The molecule has 3 aromatic rings. The number of aromatic nitrogens is 2. The third kappa shape index (κ3) is 4.12. The Bertz CT molecular complexity index is 856. The lowest BCUT2D eigenvalue weighted by Gasteiger charge is -2.10. The second-order valence-electron chi connectivity index (χ2n) is 4.91. The molecule has 1 N–H and O–H groups in total. The molecule has 0 spiro atoms. The molecular formula is C17H12Cl2N2O2. The summed E-state index contributed by atoms with van der Waals surface area (Å²) in [4.78, 5) is 11.0. The number of nitrogens with one attached hydrogen (secondary N) is 1. The molecule has 0 saturated carbocycles.